The summed E-state index contributed by atoms with van der Waals surface area (Å²) in [5.41, 5.74) is -1.97. The van der Waals surface area contributed by atoms with Crippen molar-refractivity contribution in [3.63, 3.8) is 0 Å². The summed E-state index contributed by atoms with van der Waals surface area (Å²) in [6.07, 6.45) is 1.10. The number of thioether (sulfide) groups is 1. The second-order valence-corrected chi connectivity index (χ2v) is 10.7. The van der Waals surface area contributed by atoms with Crippen molar-refractivity contribution in [3.05, 3.63) is 24.3 Å². The first-order chi connectivity index (χ1) is 12.3. The Hall–Kier alpha value is -1.27. The summed E-state index contributed by atoms with van der Waals surface area (Å²) in [5.74, 6) is 0.720. The summed E-state index contributed by atoms with van der Waals surface area (Å²) in [5, 5.41) is 8.81. The highest BCUT2D eigenvalue weighted by Crippen LogP contribution is 2.33. The Morgan fingerprint density at radius 3 is 2.11 bits per heavy atom. The molecule has 0 spiro atoms. The molecule has 0 radical (unpaired) electrons. The molecule has 0 aliphatic rings. The summed E-state index contributed by atoms with van der Waals surface area (Å²) in [6, 6.07) is 7.97. The summed E-state index contributed by atoms with van der Waals surface area (Å²) >= 11 is 7.00. The minimum atomic E-state index is -0.856. The van der Waals surface area contributed by atoms with Gasteiger partial charge in [0.05, 0.1) is 12.1 Å². The van der Waals surface area contributed by atoms with Gasteiger partial charge in [0, 0.05) is 27.7 Å². The highest BCUT2D eigenvalue weighted by Gasteiger charge is 2.27. The lowest BCUT2D eigenvalue weighted by molar-refractivity contribution is 0.0672. The molecule has 0 fully saturated rings. The van der Waals surface area contributed by atoms with E-state index in [-0.39, 0.29) is 16.9 Å². The maximum Gasteiger partial charge on any atom is 0.403 e. The standard InChI is InChI=1S/C20H31ClN2O3S/c1-18(2,3)22-23-20(7,13-8-14-25-17(21)24)26-15-9-11-16(12-10-15)27-19(4,5)6/h9-12H,8,13-14H2,1-7H3/b23-22+. The van der Waals surface area contributed by atoms with Gasteiger partial charge in [-0.15, -0.1) is 16.9 Å². The Bertz CT molecular complexity index is 636. The van der Waals surface area contributed by atoms with E-state index in [1.165, 1.54) is 4.90 Å². The van der Waals surface area contributed by atoms with Gasteiger partial charge >= 0.3 is 5.43 Å². The minimum absolute atomic E-state index is 0.150. The molecule has 0 saturated carbocycles. The molecule has 0 aliphatic carbocycles. The fraction of sp³-hybridized carbons (Fsp3) is 0.650. The van der Waals surface area contributed by atoms with Crippen molar-refractivity contribution in [1.82, 2.24) is 0 Å². The van der Waals surface area contributed by atoms with Gasteiger partial charge in [-0.1, -0.05) is 20.8 Å². The largest absolute Gasteiger partial charge is 0.465 e. The van der Waals surface area contributed by atoms with Crippen LogP contribution < -0.4 is 4.74 Å². The first kappa shape index (κ1) is 23.8. The van der Waals surface area contributed by atoms with E-state index in [0.29, 0.717) is 12.8 Å². The predicted molar refractivity (Wildman–Crippen MR) is 112 cm³/mol. The Morgan fingerprint density at radius 2 is 1.63 bits per heavy atom. The molecule has 1 atom stereocenters. The Morgan fingerprint density at radius 1 is 1.04 bits per heavy atom. The molecule has 0 saturated heterocycles. The summed E-state index contributed by atoms with van der Waals surface area (Å²) in [7, 11) is 0. The van der Waals surface area contributed by atoms with Crippen LogP contribution in [-0.4, -0.2) is 28.0 Å². The van der Waals surface area contributed by atoms with Gasteiger partial charge in [0.1, 0.15) is 5.75 Å². The zero-order chi connectivity index (χ0) is 20.7. The van der Waals surface area contributed by atoms with Crippen molar-refractivity contribution in [2.45, 2.75) is 82.2 Å². The molecular formula is C20H31ClN2O3S. The number of carbonyl (C=O) groups excluding carboxylic acids is 1. The topological polar surface area (TPSA) is 60.2 Å². The number of azo groups is 1. The van der Waals surface area contributed by atoms with Crippen LogP contribution in [0.2, 0.25) is 0 Å². The number of rotatable bonds is 8. The van der Waals surface area contributed by atoms with Crippen LogP contribution in [-0.2, 0) is 4.74 Å². The minimum Gasteiger partial charge on any atom is -0.465 e. The van der Waals surface area contributed by atoms with E-state index >= 15 is 0 Å². The van der Waals surface area contributed by atoms with Gasteiger partial charge in [0.25, 0.3) is 0 Å². The molecule has 1 unspecified atom stereocenters. The average Bonchev–Trinajstić information content (AvgIpc) is 2.50. The van der Waals surface area contributed by atoms with Gasteiger partial charge in [-0.05, 0) is 58.4 Å². The number of ether oxygens (including phenoxy) is 2. The zero-order valence-corrected chi connectivity index (χ0v) is 18.9. The van der Waals surface area contributed by atoms with Crippen molar-refractivity contribution in [2.24, 2.45) is 10.2 Å². The highest BCUT2D eigenvalue weighted by molar-refractivity contribution is 8.00. The Balaban J connectivity index is 2.85. The van der Waals surface area contributed by atoms with Crippen molar-refractivity contribution < 1.29 is 14.3 Å². The zero-order valence-electron chi connectivity index (χ0n) is 17.3. The predicted octanol–water partition coefficient (Wildman–Crippen LogP) is 7.08. The van der Waals surface area contributed by atoms with Crippen LogP contribution in [0.4, 0.5) is 4.79 Å². The van der Waals surface area contributed by atoms with Crippen LogP contribution in [0.15, 0.2) is 39.4 Å². The van der Waals surface area contributed by atoms with E-state index in [9.17, 15) is 4.79 Å². The van der Waals surface area contributed by atoms with Crippen LogP contribution in [0.25, 0.3) is 0 Å². The van der Waals surface area contributed by atoms with E-state index in [0.717, 1.165) is 5.75 Å². The van der Waals surface area contributed by atoms with Crippen LogP contribution in [0.1, 0.15) is 61.3 Å². The molecule has 1 aromatic carbocycles. The lowest BCUT2D eigenvalue weighted by Gasteiger charge is -2.27. The van der Waals surface area contributed by atoms with Crippen molar-refractivity contribution >= 4 is 28.8 Å². The lowest BCUT2D eigenvalue weighted by atomic mass is 10.1. The van der Waals surface area contributed by atoms with E-state index < -0.39 is 11.2 Å². The molecule has 0 aliphatic heterocycles. The number of carbonyl (C=O) groups is 1. The molecule has 0 N–H and O–H groups in total. The Labute approximate surface area is 172 Å². The van der Waals surface area contributed by atoms with E-state index in [1.54, 1.807) is 11.8 Å². The van der Waals surface area contributed by atoms with Gasteiger partial charge in [0.15, 0.2) is 0 Å². The maximum atomic E-state index is 10.7. The SMILES string of the molecule is CC(C)(C)/N=N/C(C)(CCCOC(=O)Cl)Oc1ccc(SC(C)(C)C)cc1. The van der Waals surface area contributed by atoms with Crippen LogP contribution in [0.3, 0.4) is 0 Å². The second kappa shape index (κ2) is 9.78. The molecule has 5 nitrogen and oxygen atoms in total. The number of halogens is 1. The smallest absolute Gasteiger partial charge is 0.403 e. The Kier molecular flexibility index (Phi) is 8.61. The molecule has 1 rings (SSSR count). The van der Waals surface area contributed by atoms with Gasteiger partial charge < -0.3 is 9.47 Å². The van der Waals surface area contributed by atoms with Crippen LogP contribution >= 0.6 is 23.4 Å². The molecule has 27 heavy (non-hydrogen) atoms. The van der Waals surface area contributed by atoms with Gasteiger partial charge in [-0.25, -0.2) is 4.79 Å². The number of hydrogen-bond donors (Lipinski definition) is 0. The van der Waals surface area contributed by atoms with E-state index in [4.69, 9.17) is 21.1 Å². The summed E-state index contributed by atoms with van der Waals surface area (Å²) < 4.78 is 11.1. The number of hydrogen-bond acceptors (Lipinski definition) is 6. The van der Waals surface area contributed by atoms with Crippen molar-refractivity contribution in [3.8, 4) is 5.75 Å². The first-order valence-corrected chi connectivity index (χ1v) is 10.2. The van der Waals surface area contributed by atoms with Gasteiger partial charge in [-0.3, -0.25) is 0 Å². The quantitative estimate of drug-likeness (QED) is 0.197. The van der Waals surface area contributed by atoms with Crippen molar-refractivity contribution in [2.75, 3.05) is 6.61 Å². The monoisotopic (exact) mass is 414 g/mol. The van der Waals surface area contributed by atoms with Crippen LogP contribution in [0, 0.1) is 0 Å². The van der Waals surface area contributed by atoms with E-state index in [1.807, 2.05) is 52.0 Å². The normalized spacial score (nSPS) is 14.8. The fourth-order valence-corrected chi connectivity index (χ4v) is 3.17. The first-order valence-electron chi connectivity index (χ1n) is 9.02. The lowest BCUT2D eigenvalue weighted by Crippen LogP contribution is -2.31. The van der Waals surface area contributed by atoms with Gasteiger partial charge in [-0.2, -0.15) is 5.11 Å². The third kappa shape index (κ3) is 11.2. The summed E-state index contributed by atoms with van der Waals surface area (Å²) in [6.45, 7) is 14.6. The third-order valence-corrected chi connectivity index (χ3v) is 4.38. The number of benzene rings is 1. The molecule has 0 aromatic heterocycles. The van der Waals surface area contributed by atoms with Crippen LogP contribution in [0.5, 0.6) is 5.75 Å². The maximum absolute atomic E-state index is 10.7. The molecule has 0 bridgehead atoms. The molecule has 0 amide bonds. The molecule has 0 heterocycles. The molecule has 1 aromatic rings. The average molecular weight is 415 g/mol. The fourth-order valence-electron chi connectivity index (χ4n) is 2.11. The summed E-state index contributed by atoms with van der Waals surface area (Å²) in [4.78, 5) is 11.9. The molecule has 7 heteroatoms. The number of nitrogens with zero attached hydrogens (tertiary/aromatic N) is 2. The van der Waals surface area contributed by atoms with Gasteiger partial charge in [0.2, 0.25) is 5.72 Å². The van der Waals surface area contributed by atoms with E-state index in [2.05, 4.69) is 31.0 Å². The molecule has 152 valence electrons. The second-order valence-electron chi connectivity index (χ2n) is 8.52. The third-order valence-electron chi connectivity index (χ3n) is 3.15. The van der Waals surface area contributed by atoms with Crippen molar-refractivity contribution in [1.29, 1.82) is 0 Å². The molecular weight excluding hydrogens is 384 g/mol. The highest BCUT2D eigenvalue weighted by atomic mass is 35.5.